The van der Waals surface area contributed by atoms with Crippen LogP contribution >= 0.6 is 11.8 Å². The Morgan fingerprint density at radius 3 is 2.50 bits per heavy atom. The molecule has 1 amide bonds. The van der Waals surface area contributed by atoms with Crippen molar-refractivity contribution in [2.24, 2.45) is 11.7 Å². The van der Waals surface area contributed by atoms with Gasteiger partial charge in [-0.2, -0.15) is 11.8 Å². The minimum absolute atomic E-state index is 0.0586. The van der Waals surface area contributed by atoms with Gasteiger partial charge in [-0.25, -0.2) is 0 Å². The Hall–Kier alpha value is -0.220. The summed E-state index contributed by atoms with van der Waals surface area (Å²) < 4.78 is 0. The number of carbonyl (C=O) groups excluding carboxylic acids is 1. The summed E-state index contributed by atoms with van der Waals surface area (Å²) >= 11 is 1.81. The molecule has 3 nitrogen and oxygen atoms in total. The first-order valence-electron chi connectivity index (χ1n) is 5.00. The quantitative estimate of drug-likeness (QED) is 0.728. The van der Waals surface area contributed by atoms with Gasteiger partial charge in [0.1, 0.15) is 0 Å². The monoisotopic (exact) mass is 218 g/mol. The highest BCUT2D eigenvalue weighted by molar-refractivity contribution is 7.98. The van der Waals surface area contributed by atoms with Gasteiger partial charge in [-0.05, 0) is 25.4 Å². The normalized spacial score (nSPS) is 14.9. The maximum Gasteiger partial charge on any atom is 0.226 e. The average molecular weight is 218 g/mol. The van der Waals surface area contributed by atoms with E-state index in [-0.39, 0.29) is 11.8 Å². The number of thioether (sulfide) groups is 1. The third-order valence-corrected chi connectivity index (χ3v) is 3.17. The molecule has 0 radical (unpaired) electrons. The predicted octanol–water partition coefficient (Wildman–Crippen LogP) is 1.18. The van der Waals surface area contributed by atoms with Gasteiger partial charge in [0.2, 0.25) is 5.91 Å². The lowest BCUT2D eigenvalue weighted by Gasteiger charge is -2.27. The highest BCUT2D eigenvalue weighted by Crippen LogP contribution is 2.09. The second-order valence-electron chi connectivity index (χ2n) is 3.72. The summed E-state index contributed by atoms with van der Waals surface area (Å²) in [7, 11) is 1.86. The molecule has 0 aliphatic heterocycles. The Balaban J connectivity index is 4.03. The molecule has 0 heterocycles. The summed E-state index contributed by atoms with van der Waals surface area (Å²) in [6.45, 7) is 4.38. The molecular formula is C10H22N2OS. The number of nitrogens with zero attached hydrogens (tertiary/aromatic N) is 1. The molecule has 4 heteroatoms. The van der Waals surface area contributed by atoms with Gasteiger partial charge in [-0.1, -0.05) is 6.92 Å². The van der Waals surface area contributed by atoms with Gasteiger partial charge in [0, 0.05) is 25.6 Å². The maximum atomic E-state index is 11.7. The number of nitrogens with two attached hydrogens (primary N) is 1. The van der Waals surface area contributed by atoms with Crippen molar-refractivity contribution in [3.8, 4) is 0 Å². The van der Waals surface area contributed by atoms with E-state index in [1.54, 1.807) is 0 Å². The van der Waals surface area contributed by atoms with Crippen molar-refractivity contribution in [1.82, 2.24) is 4.90 Å². The summed E-state index contributed by atoms with van der Waals surface area (Å²) in [6, 6.07) is 0.309. The van der Waals surface area contributed by atoms with E-state index in [9.17, 15) is 4.79 Å². The Labute approximate surface area is 91.4 Å². The van der Waals surface area contributed by atoms with Crippen molar-refractivity contribution in [3.05, 3.63) is 0 Å². The van der Waals surface area contributed by atoms with Crippen molar-refractivity contribution in [2.75, 3.05) is 25.6 Å². The predicted molar refractivity (Wildman–Crippen MR) is 63.4 cm³/mol. The van der Waals surface area contributed by atoms with Gasteiger partial charge in [0.05, 0.1) is 0 Å². The van der Waals surface area contributed by atoms with Crippen molar-refractivity contribution in [3.63, 3.8) is 0 Å². The molecule has 0 aromatic carbocycles. The van der Waals surface area contributed by atoms with Crippen LogP contribution in [0.1, 0.15) is 20.3 Å². The lowest BCUT2D eigenvalue weighted by atomic mass is 10.1. The molecule has 2 atom stereocenters. The standard InChI is InChI=1S/C10H22N2OS/c1-8(7-11)10(13)12(3)9(2)5-6-14-4/h8-9H,5-7,11H2,1-4H3. The summed E-state index contributed by atoms with van der Waals surface area (Å²) in [4.78, 5) is 13.5. The highest BCUT2D eigenvalue weighted by atomic mass is 32.2. The van der Waals surface area contributed by atoms with E-state index < -0.39 is 0 Å². The van der Waals surface area contributed by atoms with Crippen LogP contribution in [0.3, 0.4) is 0 Å². The van der Waals surface area contributed by atoms with Gasteiger partial charge in [-0.15, -0.1) is 0 Å². The zero-order chi connectivity index (χ0) is 11.1. The van der Waals surface area contributed by atoms with E-state index in [0.29, 0.717) is 12.6 Å². The lowest BCUT2D eigenvalue weighted by molar-refractivity contribution is -0.135. The van der Waals surface area contributed by atoms with Crippen molar-refractivity contribution < 1.29 is 4.79 Å². The summed E-state index contributed by atoms with van der Waals surface area (Å²) in [6.07, 6.45) is 3.12. The van der Waals surface area contributed by atoms with Crippen LogP contribution in [-0.4, -0.2) is 42.4 Å². The first kappa shape index (κ1) is 13.8. The van der Waals surface area contributed by atoms with Gasteiger partial charge >= 0.3 is 0 Å². The largest absolute Gasteiger partial charge is 0.343 e. The summed E-state index contributed by atoms with van der Waals surface area (Å²) in [5.74, 6) is 1.19. The summed E-state index contributed by atoms with van der Waals surface area (Å²) in [5, 5.41) is 0. The Bertz CT molecular complexity index is 176. The first-order valence-corrected chi connectivity index (χ1v) is 6.39. The molecule has 0 bridgehead atoms. The van der Waals surface area contributed by atoms with Crippen LogP contribution in [0.4, 0.5) is 0 Å². The third-order valence-electron chi connectivity index (χ3n) is 2.52. The molecular weight excluding hydrogens is 196 g/mol. The van der Waals surface area contributed by atoms with E-state index in [1.807, 2.05) is 30.6 Å². The van der Waals surface area contributed by atoms with Crippen molar-refractivity contribution in [2.45, 2.75) is 26.3 Å². The fourth-order valence-corrected chi connectivity index (χ4v) is 1.72. The molecule has 0 saturated heterocycles. The third kappa shape index (κ3) is 4.33. The molecule has 2 unspecified atom stereocenters. The number of hydrogen-bond donors (Lipinski definition) is 1. The minimum Gasteiger partial charge on any atom is -0.343 e. The van der Waals surface area contributed by atoms with Gasteiger partial charge < -0.3 is 10.6 Å². The molecule has 0 aromatic heterocycles. The fraction of sp³-hybridized carbons (Fsp3) is 0.900. The van der Waals surface area contributed by atoms with Crippen LogP contribution in [-0.2, 0) is 4.79 Å². The lowest BCUT2D eigenvalue weighted by Crippen LogP contribution is -2.40. The van der Waals surface area contributed by atoms with Crippen LogP contribution in [0, 0.1) is 5.92 Å². The maximum absolute atomic E-state index is 11.7. The molecule has 0 fully saturated rings. The molecule has 0 spiro atoms. The zero-order valence-corrected chi connectivity index (χ0v) is 10.4. The van der Waals surface area contributed by atoms with E-state index in [0.717, 1.165) is 12.2 Å². The molecule has 2 N–H and O–H groups in total. The van der Waals surface area contributed by atoms with Crippen molar-refractivity contribution in [1.29, 1.82) is 0 Å². The number of carbonyl (C=O) groups is 1. The molecule has 0 rings (SSSR count). The minimum atomic E-state index is -0.0586. The second kappa shape index (κ2) is 7.12. The molecule has 0 aliphatic rings. The number of hydrogen-bond acceptors (Lipinski definition) is 3. The zero-order valence-electron chi connectivity index (χ0n) is 9.62. The van der Waals surface area contributed by atoms with Gasteiger partial charge in [-0.3, -0.25) is 4.79 Å². The highest BCUT2D eigenvalue weighted by Gasteiger charge is 2.19. The van der Waals surface area contributed by atoms with E-state index in [4.69, 9.17) is 5.73 Å². The van der Waals surface area contributed by atoms with Crippen molar-refractivity contribution >= 4 is 17.7 Å². The number of amides is 1. The smallest absolute Gasteiger partial charge is 0.226 e. The first-order chi connectivity index (χ1) is 6.54. The SMILES string of the molecule is CSCCC(C)N(C)C(=O)C(C)CN. The van der Waals surface area contributed by atoms with E-state index in [2.05, 4.69) is 13.2 Å². The molecule has 84 valence electrons. The van der Waals surface area contributed by atoms with Crippen LogP contribution in [0.15, 0.2) is 0 Å². The van der Waals surface area contributed by atoms with Crippen LogP contribution < -0.4 is 5.73 Å². The molecule has 14 heavy (non-hydrogen) atoms. The Kier molecular flexibility index (Phi) is 7.01. The Morgan fingerprint density at radius 2 is 2.07 bits per heavy atom. The van der Waals surface area contributed by atoms with Crippen LogP contribution in [0.5, 0.6) is 0 Å². The molecule has 0 aliphatic carbocycles. The Morgan fingerprint density at radius 1 is 1.50 bits per heavy atom. The second-order valence-corrected chi connectivity index (χ2v) is 4.70. The topological polar surface area (TPSA) is 46.3 Å². The molecule has 0 saturated carbocycles. The number of rotatable bonds is 6. The van der Waals surface area contributed by atoms with Crippen LogP contribution in [0.25, 0.3) is 0 Å². The van der Waals surface area contributed by atoms with E-state index in [1.165, 1.54) is 0 Å². The summed E-state index contributed by atoms with van der Waals surface area (Å²) in [5.41, 5.74) is 5.46. The van der Waals surface area contributed by atoms with Gasteiger partial charge in [0.25, 0.3) is 0 Å². The average Bonchev–Trinajstić information content (AvgIpc) is 2.22. The molecule has 0 aromatic rings. The fourth-order valence-electron chi connectivity index (χ4n) is 1.15. The van der Waals surface area contributed by atoms with Crippen LogP contribution in [0.2, 0.25) is 0 Å². The van der Waals surface area contributed by atoms with E-state index >= 15 is 0 Å². The van der Waals surface area contributed by atoms with Gasteiger partial charge in [0.15, 0.2) is 0 Å².